The number of nitrogens with one attached hydrogen (secondary N) is 1. The third-order valence-corrected chi connectivity index (χ3v) is 5.63. The Kier molecular flexibility index (Phi) is 6.44. The van der Waals surface area contributed by atoms with E-state index in [1.165, 1.54) is 4.31 Å². The monoisotopic (exact) mass is 364 g/mol. The van der Waals surface area contributed by atoms with Crippen molar-refractivity contribution in [3.8, 4) is 0 Å². The Bertz CT molecular complexity index is 552. The minimum absolute atomic E-state index is 0.154. The first-order valence-corrected chi connectivity index (χ1v) is 8.69. The zero-order valence-electron chi connectivity index (χ0n) is 12.0. The highest BCUT2D eigenvalue weighted by molar-refractivity contribution is 9.10. The van der Waals surface area contributed by atoms with Gasteiger partial charge in [-0.1, -0.05) is 13.0 Å². The van der Waals surface area contributed by atoms with Gasteiger partial charge in [-0.25, -0.2) is 8.42 Å². The van der Waals surface area contributed by atoms with Gasteiger partial charge in [0.15, 0.2) is 4.67 Å². The van der Waals surface area contributed by atoms with Crippen LogP contribution in [0.2, 0.25) is 0 Å². The van der Waals surface area contributed by atoms with Gasteiger partial charge in [-0.15, -0.1) is 6.58 Å². The molecule has 0 spiro atoms. The summed E-state index contributed by atoms with van der Waals surface area (Å²) in [6.45, 7) is 10.8. The summed E-state index contributed by atoms with van der Waals surface area (Å²) in [5.74, 6) is 0.583. The maximum absolute atomic E-state index is 12.6. The van der Waals surface area contributed by atoms with Crippen LogP contribution in [0.5, 0.6) is 0 Å². The van der Waals surface area contributed by atoms with E-state index in [1.54, 1.807) is 12.1 Å². The number of rotatable bonds is 8. The van der Waals surface area contributed by atoms with Gasteiger partial charge in [-0.05, 0) is 36.3 Å². The number of sulfonamides is 1. The molecule has 0 fully saturated rings. The highest BCUT2D eigenvalue weighted by Gasteiger charge is 2.30. The smallest absolute Gasteiger partial charge is 0.247 e. The Hall–Kier alpha value is -0.630. The molecule has 5 nitrogen and oxygen atoms in total. The second-order valence-electron chi connectivity index (χ2n) is 4.59. The number of hydrogen-bond acceptors (Lipinski definition) is 4. The second kappa shape index (κ2) is 7.40. The fourth-order valence-electron chi connectivity index (χ4n) is 1.75. The van der Waals surface area contributed by atoms with Crippen molar-refractivity contribution in [2.24, 2.45) is 0 Å². The van der Waals surface area contributed by atoms with Gasteiger partial charge in [0.1, 0.15) is 10.7 Å². The number of halogens is 1. The lowest BCUT2D eigenvalue weighted by atomic mass is 10.4. The van der Waals surface area contributed by atoms with Crippen molar-refractivity contribution < 1.29 is 12.8 Å². The fraction of sp³-hybridized carbons (Fsp3) is 0.538. The summed E-state index contributed by atoms with van der Waals surface area (Å²) in [5, 5.41) is 3.09. The van der Waals surface area contributed by atoms with Crippen molar-refractivity contribution in [2.45, 2.75) is 38.3 Å². The molecule has 0 aliphatic heterocycles. The molecule has 0 amide bonds. The van der Waals surface area contributed by atoms with Crippen LogP contribution in [0.4, 0.5) is 0 Å². The maximum Gasteiger partial charge on any atom is 0.247 e. The lowest BCUT2D eigenvalue weighted by molar-refractivity contribution is 0.381. The fourth-order valence-corrected chi connectivity index (χ4v) is 4.32. The molecule has 1 aromatic rings. The summed E-state index contributed by atoms with van der Waals surface area (Å²) in [6, 6.07) is 1.40. The van der Waals surface area contributed by atoms with Gasteiger partial charge in [0, 0.05) is 18.7 Å². The Morgan fingerprint density at radius 1 is 1.55 bits per heavy atom. The molecule has 7 heteroatoms. The molecular weight excluding hydrogens is 344 g/mol. The van der Waals surface area contributed by atoms with Crippen LogP contribution in [-0.2, 0) is 16.6 Å². The molecule has 1 N–H and O–H groups in total. The largest absolute Gasteiger partial charge is 0.452 e. The van der Waals surface area contributed by atoms with Gasteiger partial charge in [-0.2, -0.15) is 4.31 Å². The van der Waals surface area contributed by atoms with Crippen LogP contribution in [0.1, 0.15) is 26.5 Å². The van der Waals surface area contributed by atoms with E-state index in [9.17, 15) is 8.42 Å². The zero-order valence-corrected chi connectivity index (χ0v) is 14.4. The molecule has 20 heavy (non-hydrogen) atoms. The van der Waals surface area contributed by atoms with Crippen LogP contribution in [0.25, 0.3) is 0 Å². The highest BCUT2D eigenvalue weighted by atomic mass is 79.9. The maximum atomic E-state index is 12.6. The molecule has 114 valence electrons. The summed E-state index contributed by atoms with van der Waals surface area (Å²) in [7, 11) is -3.60. The van der Waals surface area contributed by atoms with Crippen molar-refractivity contribution in [2.75, 3.05) is 13.1 Å². The first-order chi connectivity index (χ1) is 9.34. The van der Waals surface area contributed by atoms with E-state index in [4.69, 9.17) is 4.42 Å². The Labute approximate surface area is 129 Å². The van der Waals surface area contributed by atoms with Crippen molar-refractivity contribution >= 4 is 26.0 Å². The van der Waals surface area contributed by atoms with Crippen LogP contribution in [0, 0.1) is 0 Å². The Morgan fingerprint density at radius 3 is 2.70 bits per heavy atom. The molecule has 0 saturated carbocycles. The van der Waals surface area contributed by atoms with Gasteiger partial charge >= 0.3 is 0 Å². The Morgan fingerprint density at radius 2 is 2.20 bits per heavy atom. The molecule has 0 radical (unpaired) electrons. The van der Waals surface area contributed by atoms with Crippen LogP contribution < -0.4 is 5.32 Å². The number of furan rings is 1. The van der Waals surface area contributed by atoms with Crippen LogP contribution in [0.3, 0.4) is 0 Å². The van der Waals surface area contributed by atoms with E-state index >= 15 is 0 Å². The van der Waals surface area contributed by atoms with Gasteiger partial charge in [-0.3, -0.25) is 0 Å². The lowest BCUT2D eigenvalue weighted by Gasteiger charge is -2.23. The topological polar surface area (TPSA) is 62.6 Å². The van der Waals surface area contributed by atoms with Crippen molar-refractivity contribution in [3.63, 3.8) is 0 Å². The quantitative estimate of drug-likeness (QED) is 0.720. The van der Waals surface area contributed by atoms with Gasteiger partial charge in [0.05, 0.1) is 6.54 Å². The molecular formula is C13H21BrN2O3S. The first-order valence-electron chi connectivity index (χ1n) is 6.46. The van der Waals surface area contributed by atoms with E-state index in [-0.39, 0.29) is 22.2 Å². The van der Waals surface area contributed by atoms with Crippen molar-refractivity contribution in [1.82, 2.24) is 9.62 Å². The van der Waals surface area contributed by atoms with Crippen LogP contribution >= 0.6 is 15.9 Å². The molecule has 0 aliphatic rings. The molecule has 0 atom stereocenters. The van der Waals surface area contributed by atoms with Gasteiger partial charge in [0.2, 0.25) is 10.0 Å². The second-order valence-corrected chi connectivity index (χ2v) is 7.17. The molecule has 1 heterocycles. The molecule has 1 rings (SSSR count). The van der Waals surface area contributed by atoms with E-state index in [2.05, 4.69) is 27.8 Å². The zero-order chi connectivity index (χ0) is 15.3. The van der Waals surface area contributed by atoms with Crippen LogP contribution in [0.15, 0.2) is 32.7 Å². The predicted octanol–water partition coefficient (Wildman–Crippen LogP) is 2.74. The van der Waals surface area contributed by atoms with E-state index in [0.29, 0.717) is 12.3 Å². The van der Waals surface area contributed by atoms with E-state index in [0.717, 1.165) is 6.54 Å². The van der Waals surface area contributed by atoms with Crippen molar-refractivity contribution in [1.29, 1.82) is 0 Å². The summed E-state index contributed by atoms with van der Waals surface area (Å²) in [5.41, 5.74) is 0. The summed E-state index contributed by atoms with van der Waals surface area (Å²) in [6.07, 6.45) is 1.57. The number of hydrogen-bond donors (Lipinski definition) is 1. The molecule has 0 bridgehead atoms. The van der Waals surface area contributed by atoms with E-state index < -0.39 is 10.0 Å². The summed E-state index contributed by atoms with van der Waals surface area (Å²) < 4.78 is 32.3. The predicted molar refractivity (Wildman–Crippen MR) is 83.0 cm³/mol. The minimum atomic E-state index is -3.60. The average Bonchev–Trinajstić information content (AvgIpc) is 2.74. The van der Waals surface area contributed by atoms with E-state index in [1.807, 2.05) is 20.8 Å². The normalized spacial score (nSPS) is 12.3. The average molecular weight is 365 g/mol. The third-order valence-electron chi connectivity index (χ3n) is 2.73. The highest BCUT2D eigenvalue weighted by Crippen LogP contribution is 2.29. The van der Waals surface area contributed by atoms with Gasteiger partial charge < -0.3 is 9.73 Å². The van der Waals surface area contributed by atoms with Crippen molar-refractivity contribution in [3.05, 3.63) is 29.2 Å². The molecule has 0 unspecified atom stereocenters. The molecule has 0 aliphatic carbocycles. The van der Waals surface area contributed by atoms with Crippen LogP contribution in [-0.4, -0.2) is 31.9 Å². The molecule has 1 aromatic heterocycles. The SMILES string of the molecule is C=CCN(C(C)C)S(=O)(=O)c1cc(CNCC)oc1Br. The minimum Gasteiger partial charge on any atom is -0.452 e. The first kappa shape index (κ1) is 17.4. The molecule has 0 saturated heterocycles. The number of nitrogens with zero attached hydrogens (tertiary/aromatic N) is 1. The lowest BCUT2D eigenvalue weighted by Crippen LogP contribution is -2.37. The Balaban J connectivity index is 3.13. The third kappa shape index (κ3) is 3.94. The molecule has 0 aromatic carbocycles. The summed E-state index contributed by atoms with van der Waals surface area (Å²) in [4.78, 5) is 0.154. The standard InChI is InChI=1S/C13H21BrN2O3S/c1-5-7-16(10(3)4)20(17,18)12-8-11(9-15-6-2)19-13(12)14/h5,8,10,15H,1,6-7,9H2,2-4H3. The van der Waals surface area contributed by atoms with Gasteiger partial charge in [0.25, 0.3) is 0 Å². The summed E-state index contributed by atoms with van der Waals surface area (Å²) >= 11 is 3.19.